The summed E-state index contributed by atoms with van der Waals surface area (Å²) < 4.78 is 36.8. The monoisotopic (exact) mass is 218 g/mol. The Bertz CT molecular complexity index is 342. The molecule has 1 aliphatic heterocycles. The van der Waals surface area contributed by atoms with Crippen molar-refractivity contribution in [1.82, 2.24) is 10.2 Å². The largest absolute Gasteiger partial charge is 0.417 e. The van der Waals surface area contributed by atoms with Crippen molar-refractivity contribution in [3.8, 4) is 0 Å². The highest BCUT2D eigenvalue weighted by Crippen LogP contribution is 2.29. The molecule has 0 aromatic carbocycles. The SMILES string of the molecule is CN1C=C(C(F)(F)F)C=C/C1=C/NC=O. The molecule has 1 amide bonds. The smallest absolute Gasteiger partial charge is 0.349 e. The molecule has 0 aromatic heterocycles. The van der Waals surface area contributed by atoms with E-state index in [2.05, 4.69) is 5.32 Å². The Balaban J connectivity index is 2.84. The van der Waals surface area contributed by atoms with Crippen LogP contribution in [0.4, 0.5) is 13.2 Å². The van der Waals surface area contributed by atoms with Gasteiger partial charge in [0.05, 0.1) is 11.3 Å². The number of likely N-dealkylation sites (N-methyl/N-ethyl adjacent to an activating group) is 1. The van der Waals surface area contributed by atoms with Crippen LogP contribution >= 0.6 is 0 Å². The topological polar surface area (TPSA) is 32.3 Å². The summed E-state index contributed by atoms with van der Waals surface area (Å²) >= 11 is 0. The lowest BCUT2D eigenvalue weighted by molar-refractivity contribution is -0.108. The summed E-state index contributed by atoms with van der Waals surface area (Å²) in [7, 11) is 1.47. The molecule has 82 valence electrons. The molecule has 15 heavy (non-hydrogen) atoms. The molecule has 0 saturated heterocycles. The third-order valence-corrected chi connectivity index (χ3v) is 1.80. The molecular formula is C9H9F3N2O. The van der Waals surface area contributed by atoms with Gasteiger partial charge < -0.3 is 10.2 Å². The third-order valence-electron chi connectivity index (χ3n) is 1.80. The van der Waals surface area contributed by atoms with Gasteiger partial charge in [-0.05, 0) is 12.2 Å². The normalized spacial score (nSPS) is 19.1. The first-order valence-electron chi connectivity index (χ1n) is 4.05. The number of nitrogens with zero attached hydrogens (tertiary/aromatic N) is 1. The average molecular weight is 218 g/mol. The number of hydrogen-bond donors (Lipinski definition) is 1. The van der Waals surface area contributed by atoms with Gasteiger partial charge in [-0.25, -0.2) is 0 Å². The molecule has 1 aliphatic rings. The van der Waals surface area contributed by atoms with Crippen LogP contribution < -0.4 is 5.32 Å². The second-order valence-corrected chi connectivity index (χ2v) is 2.88. The maximum Gasteiger partial charge on any atom is 0.417 e. The molecule has 0 spiro atoms. The van der Waals surface area contributed by atoms with Crippen molar-refractivity contribution in [2.75, 3.05) is 7.05 Å². The lowest BCUT2D eigenvalue weighted by atomic mass is 10.2. The predicted octanol–water partition coefficient (Wildman–Crippen LogP) is 1.52. The van der Waals surface area contributed by atoms with Gasteiger partial charge in [0, 0.05) is 19.4 Å². The van der Waals surface area contributed by atoms with E-state index in [1.165, 1.54) is 24.2 Å². The van der Waals surface area contributed by atoms with Gasteiger partial charge >= 0.3 is 6.18 Å². The first-order chi connectivity index (χ1) is 6.95. The van der Waals surface area contributed by atoms with E-state index in [0.29, 0.717) is 12.1 Å². The first kappa shape index (κ1) is 11.4. The maximum atomic E-state index is 12.3. The fourth-order valence-corrected chi connectivity index (χ4v) is 1.06. The van der Waals surface area contributed by atoms with Crippen LogP contribution in [0.15, 0.2) is 35.8 Å². The minimum absolute atomic E-state index is 0.442. The molecule has 3 nitrogen and oxygen atoms in total. The molecule has 0 atom stereocenters. The zero-order valence-electron chi connectivity index (χ0n) is 7.88. The summed E-state index contributed by atoms with van der Waals surface area (Å²) in [6.45, 7) is 0. The summed E-state index contributed by atoms with van der Waals surface area (Å²) in [5.74, 6) is 0. The molecule has 0 unspecified atom stereocenters. The van der Waals surface area contributed by atoms with Crippen LogP contribution in [0, 0.1) is 0 Å². The van der Waals surface area contributed by atoms with Crippen molar-refractivity contribution in [2.24, 2.45) is 0 Å². The van der Waals surface area contributed by atoms with Gasteiger partial charge in [-0.1, -0.05) is 0 Å². The second-order valence-electron chi connectivity index (χ2n) is 2.88. The number of carbonyl (C=O) groups excluding carboxylic acids is 1. The maximum absolute atomic E-state index is 12.3. The molecule has 6 heteroatoms. The molecule has 0 saturated carbocycles. The summed E-state index contributed by atoms with van der Waals surface area (Å²) in [5.41, 5.74) is -0.261. The Kier molecular flexibility index (Phi) is 3.18. The van der Waals surface area contributed by atoms with E-state index < -0.39 is 11.7 Å². The lowest BCUT2D eigenvalue weighted by Crippen LogP contribution is -2.21. The van der Waals surface area contributed by atoms with Crippen LogP contribution in [0.25, 0.3) is 0 Å². The minimum Gasteiger partial charge on any atom is -0.349 e. The van der Waals surface area contributed by atoms with Gasteiger partial charge in [0.2, 0.25) is 6.41 Å². The third kappa shape index (κ3) is 2.87. The van der Waals surface area contributed by atoms with Gasteiger partial charge in [-0.2, -0.15) is 13.2 Å². The molecule has 1 rings (SSSR count). The minimum atomic E-state index is -4.35. The summed E-state index contributed by atoms with van der Waals surface area (Å²) in [5, 5.41) is 2.26. The standard InChI is InChI=1S/C9H9F3N2O/c1-14-5-7(9(10,11)12)2-3-8(14)4-13-6-15/h2-6H,1H3,(H,13,15)/b8-4-. The van der Waals surface area contributed by atoms with E-state index >= 15 is 0 Å². The van der Waals surface area contributed by atoms with Crippen LogP contribution in [0.1, 0.15) is 0 Å². The fraction of sp³-hybridized carbons (Fsp3) is 0.222. The van der Waals surface area contributed by atoms with Crippen molar-refractivity contribution in [2.45, 2.75) is 6.18 Å². The number of amides is 1. The molecule has 0 bridgehead atoms. The molecule has 1 heterocycles. The number of alkyl halides is 3. The van der Waals surface area contributed by atoms with Crippen LogP contribution in [0.5, 0.6) is 0 Å². The molecule has 1 N–H and O–H groups in total. The number of carbonyl (C=O) groups is 1. The molecule has 0 fully saturated rings. The highest BCUT2D eigenvalue weighted by molar-refractivity contribution is 5.49. The number of hydrogen-bond acceptors (Lipinski definition) is 2. The van der Waals surface area contributed by atoms with Gasteiger partial charge in [0.25, 0.3) is 0 Å². The van der Waals surface area contributed by atoms with Crippen molar-refractivity contribution in [1.29, 1.82) is 0 Å². The Hall–Kier alpha value is -1.72. The lowest BCUT2D eigenvalue weighted by Gasteiger charge is -2.22. The molecule has 0 aromatic rings. The number of allylic oxidation sites excluding steroid dienone is 3. The number of rotatable bonds is 2. The van der Waals surface area contributed by atoms with Gasteiger partial charge in [0.1, 0.15) is 0 Å². The zero-order valence-corrected chi connectivity index (χ0v) is 7.88. The Labute approximate surface area is 84.6 Å². The van der Waals surface area contributed by atoms with E-state index in [-0.39, 0.29) is 0 Å². The van der Waals surface area contributed by atoms with Gasteiger partial charge in [-0.3, -0.25) is 4.79 Å². The van der Waals surface area contributed by atoms with Crippen LogP contribution in [0.2, 0.25) is 0 Å². The number of halogens is 3. The Morgan fingerprint density at radius 3 is 2.53 bits per heavy atom. The molecule has 0 radical (unpaired) electrons. The van der Waals surface area contributed by atoms with Crippen molar-refractivity contribution in [3.63, 3.8) is 0 Å². The van der Waals surface area contributed by atoms with Crippen LogP contribution in [-0.4, -0.2) is 24.5 Å². The Morgan fingerprint density at radius 2 is 2.07 bits per heavy atom. The summed E-state index contributed by atoms with van der Waals surface area (Å²) in [6.07, 6.45) is 0.592. The first-order valence-corrected chi connectivity index (χ1v) is 4.05. The molecule has 0 aliphatic carbocycles. The Morgan fingerprint density at radius 1 is 1.40 bits per heavy atom. The van der Waals surface area contributed by atoms with Gasteiger partial charge in [-0.15, -0.1) is 0 Å². The van der Waals surface area contributed by atoms with E-state index in [1.807, 2.05) is 0 Å². The van der Waals surface area contributed by atoms with Crippen LogP contribution in [-0.2, 0) is 4.79 Å². The van der Waals surface area contributed by atoms with Crippen LogP contribution in [0.3, 0.4) is 0 Å². The zero-order chi connectivity index (χ0) is 11.5. The molecular weight excluding hydrogens is 209 g/mol. The van der Waals surface area contributed by atoms with Crippen molar-refractivity contribution in [3.05, 3.63) is 35.8 Å². The van der Waals surface area contributed by atoms with Crippen molar-refractivity contribution >= 4 is 6.41 Å². The summed E-state index contributed by atoms with van der Waals surface area (Å²) in [4.78, 5) is 11.3. The van der Waals surface area contributed by atoms with Gasteiger partial charge in [0.15, 0.2) is 0 Å². The second kappa shape index (κ2) is 4.20. The highest BCUT2D eigenvalue weighted by Gasteiger charge is 2.33. The van der Waals surface area contributed by atoms with E-state index in [9.17, 15) is 18.0 Å². The fourth-order valence-electron chi connectivity index (χ4n) is 1.06. The highest BCUT2D eigenvalue weighted by atomic mass is 19.4. The quantitative estimate of drug-likeness (QED) is 0.713. The van der Waals surface area contributed by atoms with E-state index in [0.717, 1.165) is 12.3 Å². The number of nitrogens with one attached hydrogen (secondary N) is 1. The van der Waals surface area contributed by atoms with E-state index in [4.69, 9.17) is 0 Å². The average Bonchev–Trinajstić information content (AvgIpc) is 2.14. The van der Waals surface area contributed by atoms with Crippen molar-refractivity contribution < 1.29 is 18.0 Å². The van der Waals surface area contributed by atoms with E-state index in [1.54, 1.807) is 0 Å². The summed E-state index contributed by atoms with van der Waals surface area (Å²) in [6, 6.07) is 0. The predicted molar refractivity (Wildman–Crippen MR) is 48.3 cm³/mol.